The topological polar surface area (TPSA) is 71.1 Å². The fraction of sp³-hybridized carbons (Fsp3) is 0.562. The van der Waals surface area contributed by atoms with Crippen molar-refractivity contribution in [1.82, 2.24) is 10.2 Å². The van der Waals surface area contributed by atoms with Crippen molar-refractivity contribution < 1.29 is 19.1 Å². The Morgan fingerprint density at radius 1 is 0.974 bits per heavy atom. The number of likely N-dealkylation sites (tertiary alicyclic amines) is 1. The average Bonchev–Trinajstić information content (AvgIpc) is 2.98. The summed E-state index contributed by atoms with van der Waals surface area (Å²) in [6, 6.07) is 14.1. The number of aryl methyl sites for hydroxylation is 1. The fourth-order valence-electron chi connectivity index (χ4n) is 6.37. The fourth-order valence-corrected chi connectivity index (χ4v) is 6.37. The number of piperidine rings is 2. The van der Waals surface area contributed by atoms with E-state index in [4.69, 9.17) is 9.47 Å². The number of methoxy groups -OCH3 is 1. The van der Waals surface area contributed by atoms with Gasteiger partial charge in [-0.2, -0.15) is 0 Å². The number of amides is 2. The molecule has 3 aliphatic heterocycles. The van der Waals surface area contributed by atoms with E-state index >= 15 is 0 Å². The smallest absolute Gasteiger partial charge is 0.257 e. The van der Waals surface area contributed by atoms with Crippen molar-refractivity contribution >= 4 is 17.5 Å². The number of anilines is 1. The quantitative estimate of drug-likeness (QED) is 0.586. The number of hydrogen-bond acceptors (Lipinski definition) is 5. The number of carbonyl (C=O) groups excluding carboxylic acids is 2. The zero-order valence-electron chi connectivity index (χ0n) is 23.5. The molecule has 2 aromatic rings. The van der Waals surface area contributed by atoms with Crippen LogP contribution in [-0.2, 0) is 11.2 Å². The number of rotatable bonds is 3. The first kappa shape index (κ1) is 27.4. The lowest BCUT2D eigenvalue weighted by atomic mass is 9.73. The molecule has 0 aliphatic carbocycles. The molecule has 1 atom stereocenters. The molecule has 1 N–H and O–H groups in total. The third-order valence-corrected chi connectivity index (χ3v) is 8.81. The van der Waals surface area contributed by atoms with Crippen molar-refractivity contribution in [2.75, 3.05) is 44.8 Å². The number of benzene rings is 2. The van der Waals surface area contributed by atoms with Crippen LogP contribution < -0.4 is 19.7 Å². The van der Waals surface area contributed by atoms with Crippen LogP contribution in [0, 0.1) is 5.41 Å². The van der Waals surface area contributed by atoms with Gasteiger partial charge in [0.1, 0.15) is 18.1 Å². The SMILES string of the molecule is COc1ccc(N2CCCCC2)cc1C(=O)N1CCC2(CCCCc3ccccc3OC[C@H](C)NC2=O)CC1. The van der Waals surface area contributed by atoms with Gasteiger partial charge in [0.05, 0.1) is 24.1 Å². The van der Waals surface area contributed by atoms with Crippen LogP contribution in [0.4, 0.5) is 5.69 Å². The van der Waals surface area contributed by atoms with Gasteiger partial charge in [0, 0.05) is 31.9 Å². The zero-order valence-corrected chi connectivity index (χ0v) is 23.5. The molecule has 0 unspecified atom stereocenters. The van der Waals surface area contributed by atoms with E-state index in [0.717, 1.165) is 50.2 Å². The molecular weight excluding hydrogens is 490 g/mol. The standard InChI is InChI=1S/C32H43N3O4/c1-24-23-39-28-12-5-4-10-25(28)11-6-7-15-32(31(37)33-24)16-20-35(21-17-32)30(36)27-22-26(13-14-29(27)38-2)34-18-8-3-9-19-34/h4-5,10,12-14,22,24H,3,6-9,11,15-21,23H2,1-2H3,(H,33,37)/t24-/m0/s1. The minimum Gasteiger partial charge on any atom is -0.496 e. The van der Waals surface area contributed by atoms with E-state index in [2.05, 4.69) is 28.4 Å². The van der Waals surface area contributed by atoms with Gasteiger partial charge in [-0.25, -0.2) is 0 Å². The van der Waals surface area contributed by atoms with Crippen LogP contribution in [0.5, 0.6) is 11.5 Å². The van der Waals surface area contributed by atoms with E-state index in [9.17, 15) is 9.59 Å². The average molecular weight is 534 g/mol. The van der Waals surface area contributed by atoms with Crippen LogP contribution in [0.1, 0.15) is 74.2 Å². The second-order valence-corrected chi connectivity index (χ2v) is 11.5. The number of fused-ring (bicyclic) bond motifs is 1. The lowest BCUT2D eigenvalue weighted by molar-refractivity contribution is -0.135. The highest BCUT2D eigenvalue weighted by molar-refractivity contribution is 5.98. The molecular formula is C32H43N3O4. The predicted molar refractivity (Wildman–Crippen MR) is 154 cm³/mol. The van der Waals surface area contributed by atoms with Gasteiger partial charge in [0.2, 0.25) is 5.91 Å². The van der Waals surface area contributed by atoms with Gasteiger partial charge >= 0.3 is 0 Å². The third kappa shape index (κ3) is 6.18. The summed E-state index contributed by atoms with van der Waals surface area (Å²) >= 11 is 0. The summed E-state index contributed by atoms with van der Waals surface area (Å²) in [6.45, 7) is 5.62. The van der Waals surface area contributed by atoms with Gasteiger partial charge in [-0.15, -0.1) is 0 Å². The first-order valence-electron chi connectivity index (χ1n) is 14.7. The molecule has 2 amide bonds. The van der Waals surface area contributed by atoms with Crippen molar-refractivity contribution in [3.05, 3.63) is 53.6 Å². The van der Waals surface area contributed by atoms with Crippen LogP contribution in [0.3, 0.4) is 0 Å². The minimum absolute atomic E-state index is 0.00695. The molecule has 5 rings (SSSR count). The highest BCUT2D eigenvalue weighted by Gasteiger charge is 2.42. The molecule has 39 heavy (non-hydrogen) atoms. The number of para-hydroxylation sites is 1. The summed E-state index contributed by atoms with van der Waals surface area (Å²) in [6.07, 6.45) is 8.73. The summed E-state index contributed by atoms with van der Waals surface area (Å²) in [5.74, 6) is 1.62. The molecule has 7 heteroatoms. The normalized spacial score (nSPS) is 22.1. The highest BCUT2D eigenvalue weighted by atomic mass is 16.5. The van der Waals surface area contributed by atoms with Crippen LogP contribution in [0.15, 0.2) is 42.5 Å². The maximum Gasteiger partial charge on any atom is 0.257 e. The van der Waals surface area contributed by atoms with Gasteiger partial charge in [0.15, 0.2) is 0 Å². The van der Waals surface area contributed by atoms with Gasteiger partial charge < -0.3 is 24.6 Å². The number of hydrogen-bond donors (Lipinski definition) is 1. The molecule has 2 aromatic carbocycles. The molecule has 0 radical (unpaired) electrons. The van der Waals surface area contributed by atoms with Crippen LogP contribution in [-0.4, -0.2) is 62.7 Å². The van der Waals surface area contributed by atoms with Gasteiger partial charge in [-0.3, -0.25) is 9.59 Å². The Hall–Kier alpha value is -3.22. The summed E-state index contributed by atoms with van der Waals surface area (Å²) in [4.78, 5) is 31.7. The number of carbonyl (C=O) groups is 2. The van der Waals surface area contributed by atoms with E-state index in [1.54, 1.807) is 7.11 Å². The monoisotopic (exact) mass is 533 g/mol. The summed E-state index contributed by atoms with van der Waals surface area (Å²) < 4.78 is 11.7. The van der Waals surface area contributed by atoms with E-state index < -0.39 is 5.41 Å². The second kappa shape index (κ2) is 12.3. The molecule has 3 heterocycles. The molecule has 3 aliphatic rings. The molecule has 0 aromatic heterocycles. The van der Waals surface area contributed by atoms with Crippen molar-refractivity contribution in [1.29, 1.82) is 0 Å². The highest BCUT2D eigenvalue weighted by Crippen LogP contribution is 2.39. The van der Waals surface area contributed by atoms with Crippen LogP contribution >= 0.6 is 0 Å². The van der Waals surface area contributed by atoms with Crippen molar-refractivity contribution in [2.45, 2.75) is 70.8 Å². The Labute approximate surface area is 232 Å². The maximum atomic E-state index is 13.8. The van der Waals surface area contributed by atoms with E-state index in [0.29, 0.717) is 43.9 Å². The van der Waals surface area contributed by atoms with Gasteiger partial charge in [0.25, 0.3) is 5.91 Å². The maximum absolute atomic E-state index is 13.8. The second-order valence-electron chi connectivity index (χ2n) is 11.5. The molecule has 0 bridgehead atoms. The largest absolute Gasteiger partial charge is 0.496 e. The number of nitrogens with one attached hydrogen (secondary N) is 1. The molecule has 7 nitrogen and oxygen atoms in total. The molecule has 2 fully saturated rings. The lowest BCUT2D eigenvalue weighted by Crippen LogP contribution is -2.52. The molecule has 0 saturated carbocycles. The van der Waals surface area contributed by atoms with Crippen molar-refractivity contribution in [2.24, 2.45) is 5.41 Å². The Morgan fingerprint density at radius 2 is 1.74 bits per heavy atom. The predicted octanol–water partition coefficient (Wildman–Crippen LogP) is 5.22. The van der Waals surface area contributed by atoms with Crippen LogP contribution in [0.25, 0.3) is 0 Å². The van der Waals surface area contributed by atoms with Gasteiger partial charge in [-0.05, 0) is 88.1 Å². The Kier molecular flexibility index (Phi) is 8.63. The van der Waals surface area contributed by atoms with E-state index in [-0.39, 0.29) is 17.9 Å². The van der Waals surface area contributed by atoms with Crippen LogP contribution in [0.2, 0.25) is 0 Å². The Morgan fingerprint density at radius 3 is 2.51 bits per heavy atom. The zero-order chi connectivity index (χ0) is 27.2. The Balaban J connectivity index is 1.28. The first-order chi connectivity index (χ1) is 19.0. The molecule has 210 valence electrons. The lowest BCUT2D eigenvalue weighted by Gasteiger charge is -2.41. The first-order valence-corrected chi connectivity index (χ1v) is 14.7. The van der Waals surface area contributed by atoms with Crippen molar-refractivity contribution in [3.8, 4) is 11.5 Å². The van der Waals surface area contributed by atoms with Gasteiger partial charge in [-0.1, -0.05) is 24.6 Å². The summed E-state index contributed by atoms with van der Waals surface area (Å²) in [5, 5.41) is 3.23. The minimum atomic E-state index is -0.455. The summed E-state index contributed by atoms with van der Waals surface area (Å²) in [7, 11) is 1.62. The Bertz CT molecular complexity index is 1150. The van der Waals surface area contributed by atoms with E-state index in [1.807, 2.05) is 36.1 Å². The number of nitrogens with zero attached hydrogens (tertiary/aromatic N) is 2. The number of ether oxygens (including phenoxy) is 2. The van der Waals surface area contributed by atoms with Crippen molar-refractivity contribution in [3.63, 3.8) is 0 Å². The van der Waals surface area contributed by atoms with E-state index in [1.165, 1.54) is 24.8 Å². The third-order valence-electron chi connectivity index (χ3n) is 8.81. The summed E-state index contributed by atoms with van der Waals surface area (Å²) in [5.41, 5.74) is 2.48. The molecule has 1 spiro atoms. The molecule has 2 saturated heterocycles.